The fraction of sp³-hybridized carbons (Fsp3) is 0. The Labute approximate surface area is 144 Å². The summed E-state index contributed by atoms with van der Waals surface area (Å²) in [6, 6.07) is 26.7. The molecule has 0 unspecified atom stereocenters. The van der Waals surface area contributed by atoms with Gasteiger partial charge in [0.15, 0.2) is 30.1 Å². The van der Waals surface area contributed by atoms with E-state index in [4.69, 9.17) is 3.07 Å². The molecule has 4 heteroatoms. The van der Waals surface area contributed by atoms with E-state index >= 15 is 0 Å². The van der Waals surface area contributed by atoms with E-state index in [-0.39, 0.29) is 0 Å². The summed E-state index contributed by atoms with van der Waals surface area (Å²) < 4.78 is 19.5. The maximum absolute atomic E-state index is 14.1. The predicted octanol–water partition coefficient (Wildman–Crippen LogP) is 4.05. The highest BCUT2D eigenvalue weighted by Gasteiger charge is 2.32. The van der Waals surface area contributed by atoms with Gasteiger partial charge < -0.3 is 7.63 Å². The Kier molecular flexibility index (Phi) is 4.65. The number of benzene rings is 3. The third-order valence-corrected chi connectivity index (χ3v) is 7.10. The topological polar surface area (TPSA) is 26.3 Å². The van der Waals surface area contributed by atoms with Crippen molar-refractivity contribution < 1.29 is 7.63 Å². The lowest BCUT2D eigenvalue weighted by Gasteiger charge is -2.21. The summed E-state index contributed by atoms with van der Waals surface area (Å²) in [6.45, 7) is 0. The van der Waals surface area contributed by atoms with Crippen LogP contribution < -0.4 is 19.0 Å². The molecule has 3 aromatic carbocycles. The fourth-order valence-corrected chi connectivity index (χ4v) is 5.81. The number of para-hydroxylation sites is 1. The number of halogens is 1. The lowest BCUT2D eigenvalue weighted by atomic mass is 10.3. The molecule has 0 fully saturated rings. The van der Waals surface area contributed by atoms with Crippen molar-refractivity contribution in [2.24, 2.45) is 0 Å². The molecule has 0 heterocycles. The van der Waals surface area contributed by atoms with E-state index in [0.717, 1.165) is 15.9 Å². The van der Waals surface area contributed by atoms with Gasteiger partial charge in [-0.15, -0.1) is 0 Å². The van der Waals surface area contributed by atoms with Crippen LogP contribution in [0.15, 0.2) is 84.9 Å². The first-order valence-corrected chi connectivity index (χ1v) is 9.45. The third kappa shape index (κ3) is 2.71. The van der Waals surface area contributed by atoms with E-state index < -0.39 is 7.14 Å². The second kappa shape index (κ2) is 6.67. The largest absolute Gasteiger partial charge is 0.427 e. The van der Waals surface area contributed by atoms with Crippen molar-refractivity contribution >= 4 is 46.1 Å². The molecule has 0 aliphatic heterocycles. The third-order valence-electron chi connectivity index (χ3n) is 3.53. The Hall–Kier alpha value is -1.58. The molecule has 0 atom stereocenters. The van der Waals surface area contributed by atoms with Gasteiger partial charge in [0.1, 0.15) is 5.75 Å². The lowest BCUT2D eigenvalue weighted by molar-refractivity contribution is 0.591. The van der Waals surface area contributed by atoms with Gasteiger partial charge in [0.2, 0.25) is 0 Å². The van der Waals surface area contributed by atoms with Crippen LogP contribution in [0.1, 0.15) is 0 Å². The molecule has 0 bridgehead atoms. The van der Waals surface area contributed by atoms with Gasteiger partial charge in [0.05, 0.1) is 5.30 Å². The highest BCUT2D eigenvalue weighted by Crippen LogP contribution is 2.45. The van der Waals surface area contributed by atoms with Crippen LogP contribution in [0.2, 0.25) is 0 Å². The van der Waals surface area contributed by atoms with Gasteiger partial charge in [-0.05, 0) is 12.1 Å². The highest BCUT2D eigenvalue weighted by atomic mass is 127. The van der Waals surface area contributed by atoms with E-state index in [9.17, 15) is 4.57 Å². The van der Waals surface area contributed by atoms with Crippen LogP contribution in [0.5, 0.6) is 5.75 Å². The molecule has 0 N–H and O–H groups in total. The van der Waals surface area contributed by atoms with Crippen LogP contribution in [0.3, 0.4) is 0 Å². The zero-order valence-corrected chi connectivity index (χ0v) is 14.8. The minimum absolute atomic E-state index is 0.638. The van der Waals surface area contributed by atoms with Crippen molar-refractivity contribution in [2.75, 3.05) is 0 Å². The molecule has 0 saturated heterocycles. The van der Waals surface area contributed by atoms with E-state index in [2.05, 4.69) is 0 Å². The minimum atomic E-state index is -2.96. The van der Waals surface area contributed by atoms with Crippen LogP contribution in [-0.2, 0) is 4.57 Å². The molecule has 3 rings (SSSR count). The Morgan fingerprint density at radius 1 is 0.682 bits per heavy atom. The summed E-state index contributed by atoms with van der Waals surface area (Å²) in [5.74, 6) is 0.638. The summed E-state index contributed by atoms with van der Waals surface area (Å²) in [5.41, 5.74) is 0. The Morgan fingerprint density at radius 3 is 1.64 bits per heavy atom. The van der Waals surface area contributed by atoms with Crippen molar-refractivity contribution in [1.29, 1.82) is 0 Å². The molecule has 2 nitrogen and oxygen atoms in total. The summed E-state index contributed by atoms with van der Waals surface area (Å²) in [7, 11) is -2.96. The highest BCUT2D eigenvalue weighted by molar-refractivity contribution is 14.1. The molecule has 0 amide bonds. The first-order chi connectivity index (χ1) is 10.8. The molecule has 0 aliphatic rings. The zero-order valence-electron chi connectivity index (χ0n) is 11.7. The molecule has 3 aromatic rings. The van der Waals surface area contributed by atoms with Crippen molar-refractivity contribution in [1.82, 2.24) is 0 Å². The second-order valence-electron chi connectivity index (χ2n) is 4.83. The average molecular weight is 420 g/mol. The van der Waals surface area contributed by atoms with Crippen LogP contribution >= 0.6 is 30.1 Å². The molecule has 0 saturated carbocycles. The van der Waals surface area contributed by atoms with Crippen molar-refractivity contribution in [2.45, 2.75) is 0 Å². The van der Waals surface area contributed by atoms with Crippen LogP contribution in [-0.4, -0.2) is 0 Å². The van der Waals surface area contributed by atoms with Crippen LogP contribution in [0.25, 0.3) is 0 Å². The molecule has 0 aliphatic carbocycles. The number of hydrogen-bond acceptors (Lipinski definition) is 2. The predicted molar refractivity (Wildman–Crippen MR) is 100 cm³/mol. The summed E-state index contributed by atoms with van der Waals surface area (Å²) in [5, 5.41) is 2.34. The standard InChI is InChI=1S/C18H14IO2P/c19-21-17-13-7-8-14-18(17)22(20,15-9-3-1-4-10-15)16-11-5-2-6-12-16/h1-14H. The van der Waals surface area contributed by atoms with Gasteiger partial charge in [0, 0.05) is 10.6 Å². The average Bonchev–Trinajstić information content (AvgIpc) is 2.62. The Balaban J connectivity index is 2.32. The summed E-state index contributed by atoms with van der Waals surface area (Å²) in [6.07, 6.45) is 0. The molecular formula is C18H14IO2P. The quantitative estimate of drug-likeness (QED) is 0.470. The van der Waals surface area contributed by atoms with E-state index in [1.54, 1.807) is 0 Å². The van der Waals surface area contributed by atoms with Crippen molar-refractivity contribution in [3.63, 3.8) is 0 Å². The zero-order chi connectivity index (χ0) is 15.4. The van der Waals surface area contributed by atoms with Gasteiger partial charge in [-0.25, -0.2) is 0 Å². The fourth-order valence-electron chi connectivity index (χ4n) is 2.49. The van der Waals surface area contributed by atoms with E-state index in [1.165, 1.54) is 0 Å². The van der Waals surface area contributed by atoms with Crippen molar-refractivity contribution in [3.8, 4) is 5.75 Å². The maximum atomic E-state index is 14.1. The summed E-state index contributed by atoms with van der Waals surface area (Å²) in [4.78, 5) is 0. The van der Waals surface area contributed by atoms with E-state index in [1.807, 2.05) is 108 Å². The first kappa shape index (κ1) is 15.3. The molecular weight excluding hydrogens is 406 g/mol. The van der Waals surface area contributed by atoms with Crippen LogP contribution in [0, 0.1) is 0 Å². The van der Waals surface area contributed by atoms with Gasteiger partial charge in [-0.2, -0.15) is 0 Å². The Morgan fingerprint density at radius 2 is 1.14 bits per heavy atom. The monoisotopic (exact) mass is 420 g/mol. The molecule has 0 radical (unpaired) electrons. The lowest BCUT2D eigenvalue weighted by Crippen LogP contribution is -2.25. The first-order valence-electron chi connectivity index (χ1n) is 6.86. The van der Waals surface area contributed by atoms with Gasteiger partial charge >= 0.3 is 0 Å². The molecule has 0 aromatic heterocycles. The second-order valence-corrected chi connectivity index (χ2v) is 8.00. The number of rotatable bonds is 4. The van der Waals surface area contributed by atoms with Gasteiger partial charge in [-0.3, -0.25) is 0 Å². The smallest absolute Gasteiger partial charge is 0.192 e. The van der Waals surface area contributed by atoms with Crippen LogP contribution in [0.4, 0.5) is 0 Å². The maximum Gasteiger partial charge on any atom is 0.192 e. The normalized spacial score (nSPS) is 11.1. The molecule has 22 heavy (non-hydrogen) atoms. The molecule has 0 spiro atoms. The van der Waals surface area contributed by atoms with Gasteiger partial charge in [-0.1, -0.05) is 72.8 Å². The van der Waals surface area contributed by atoms with Gasteiger partial charge in [0.25, 0.3) is 0 Å². The summed E-state index contributed by atoms with van der Waals surface area (Å²) >= 11 is 1.84. The molecule has 110 valence electrons. The minimum Gasteiger partial charge on any atom is -0.427 e. The van der Waals surface area contributed by atoms with Crippen molar-refractivity contribution in [3.05, 3.63) is 84.9 Å². The SMILES string of the molecule is O=P(c1ccccc1)(c1ccccc1)c1ccccc1OI. The number of hydrogen-bond donors (Lipinski definition) is 0. The Bertz CT molecular complexity index is 760. The van der Waals surface area contributed by atoms with E-state index in [0.29, 0.717) is 5.75 Å².